The lowest BCUT2D eigenvalue weighted by Gasteiger charge is -2.28. The zero-order valence-corrected chi connectivity index (χ0v) is 14.2. The third kappa shape index (κ3) is 2.81. The molecule has 5 heteroatoms. The molecule has 25 heavy (non-hydrogen) atoms. The Bertz CT molecular complexity index is 913. The molecule has 2 atom stereocenters. The number of rotatable bonds is 3. The number of carbonyl (C=O) groups is 1. The number of aliphatic hydroxyl groups excluding tert-OH is 1. The minimum absolute atomic E-state index is 0.00456. The van der Waals surface area contributed by atoms with E-state index in [1.165, 1.54) is 10.8 Å². The average molecular weight is 335 g/mol. The number of aromatic nitrogens is 2. The van der Waals surface area contributed by atoms with Gasteiger partial charge in [-0.15, -0.1) is 0 Å². The predicted molar refractivity (Wildman–Crippen MR) is 95.8 cm³/mol. The number of likely N-dealkylation sites (tertiary alicyclic amines) is 1. The van der Waals surface area contributed by atoms with Crippen molar-refractivity contribution in [2.24, 2.45) is 7.05 Å². The molecule has 0 aliphatic carbocycles. The van der Waals surface area contributed by atoms with Crippen LogP contribution in [0.1, 0.15) is 36.1 Å². The number of hydrogen-bond acceptors (Lipinski definition) is 3. The molecule has 2 aromatic carbocycles. The molecule has 5 nitrogen and oxygen atoms in total. The van der Waals surface area contributed by atoms with E-state index in [1.807, 2.05) is 23.1 Å². The molecule has 1 saturated heterocycles. The van der Waals surface area contributed by atoms with Crippen LogP contribution in [0.25, 0.3) is 10.8 Å². The third-order valence-electron chi connectivity index (χ3n) is 4.99. The van der Waals surface area contributed by atoms with Crippen LogP contribution < -0.4 is 0 Å². The lowest BCUT2D eigenvalue weighted by atomic mass is 9.97. The van der Waals surface area contributed by atoms with Gasteiger partial charge in [0.05, 0.1) is 12.2 Å². The molecule has 1 fully saturated rings. The first-order valence-corrected chi connectivity index (χ1v) is 8.60. The summed E-state index contributed by atoms with van der Waals surface area (Å²) in [7, 11) is 1.77. The molecule has 2 heterocycles. The van der Waals surface area contributed by atoms with E-state index in [1.54, 1.807) is 24.1 Å². The Labute approximate surface area is 146 Å². The van der Waals surface area contributed by atoms with Crippen molar-refractivity contribution >= 4 is 16.7 Å². The second-order valence-corrected chi connectivity index (χ2v) is 6.61. The number of nitrogens with zero attached hydrogens (tertiary/aromatic N) is 3. The van der Waals surface area contributed by atoms with Crippen molar-refractivity contribution in [1.82, 2.24) is 14.7 Å². The molecule has 128 valence electrons. The highest BCUT2D eigenvalue weighted by Crippen LogP contribution is 2.37. The summed E-state index contributed by atoms with van der Waals surface area (Å²) < 4.78 is 1.60. The fourth-order valence-corrected chi connectivity index (χ4v) is 3.78. The summed E-state index contributed by atoms with van der Waals surface area (Å²) in [6, 6.07) is 14.5. The van der Waals surface area contributed by atoms with Crippen LogP contribution in [0.4, 0.5) is 0 Å². The number of hydrogen-bond donors (Lipinski definition) is 1. The van der Waals surface area contributed by atoms with Gasteiger partial charge in [-0.05, 0) is 29.2 Å². The molecule has 1 N–H and O–H groups in total. The molecule has 0 unspecified atom stereocenters. The second-order valence-electron chi connectivity index (χ2n) is 6.61. The standard InChI is InChI=1S/C20H21N3O2/c1-22-13-15(12-21-22)19(24)20(25)23-11-5-10-18(23)17-9-4-7-14-6-2-3-8-16(14)17/h2-4,6-9,12-13,18-19,24H,5,10-11H2,1H3/t18-,19+/m0/s1. The SMILES string of the molecule is Cn1cc([C@@H](O)C(=O)N2CCC[C@H]2c2cccc3ccccc23)cn1. The van der Waals surface area contributed by atoms with Crippen LogP contribution in [0, 0.1) is 0 Å². The highest BCUT2D eigenvalue weighted by Gasteiger charge is 2.34. The maximum atomic E-state index is 12.9. The van der Waals surface area contributed by atoms with Crippen molar-refractivity contribution in [3.63, 3.8) is 0 Å². The molecular formula is C20H21N3O2. The molecule has 0 spiro atoms. The zero-order chi connectivity index (χ0) is 17.4. The van der Waals surface area contributed by atoms with E-state index in [9.17, 15) is 9.90 Å². The van der Waals surface area contributed by atoms with E-state index in [2.05, 4.69) is 29.4 Å². The summed E-state index contributed by atoms with van der Waals surface area (Å²) in [5, 5.41) is 16.9. The molecule has 0 bridgehead atoms. The summed E-state index contributed by atoms with van der Waals surface area (Å²) in [6.07, 6.45) is 3.93. The molecule has 1 aliphatic heterocycles. The Hall–Kier alpha value is -2.66. The quantitative estimate of drug-likeness (QED) is 0.800. The first kappa shape index (κ1) is 15.8. The lowest BCUT2D eigenvalue weighted by Crippen LogP contribution is -2.34. The normalized spacial score (nSPS) is 18.6. The van der Waals surface area contributed by atoms with E-state index >= 15 is 0 Å². The van der Waals surface area contributed by atoms with E-state index in [0.29, 0.717) is 12.1 Å². The van der Waals surface area contributed by atoms with E-state index in [0.717, 1.165) is 18.4 Å². The maximum absolute atomic E-state index is 12.9. The first-order chi connectivity index (χ1) is 12.1. The molecule has 1 aliphatic rings. The minimum atomic E-state index is -1.16. The van der Waals surface area contributed by atoms with Gasteiger partial charge >= 0.3 is 0 Å². The first-order valence-electron chi connectivity index (χ1n) is 8.60. The van der Waals surface area contributed by atoms with Crippen LogP contribution in [-0.4, -0.2) is 32.2 Å². The maximum Gasteiger partial charge on any atom is 0.256 e. The van der Waals surface area contributed by atoms with Crippen LogP contribution in [0.15, 0.2) is 54.9 Å². The number of aliphatic hydroxyl groups is 1. The van der Waals surface area contributed by atoms with Gasteiger partial charge < -0.3 is 10.0 Å². The van der Waals surface area contributed by atoms with Crippen molar-refractivity contribution in [1.29, 1.82) is 0 Å². The topological polar surface area (TPSA) is 58.4 Å². The van der Waals surface area contributed by atoms with Crippen molar-refractivity contribution in [3.05, 3.63) is 66.0 Å². The van der Waals surface area contributed by atoms with Crippen LogP contribution >= 0.6 is 0 Å². The van der Waals surface area contributed by atoms with Crippen molar-refractivity contribution in [2.45, 2.75) is 25.0 Å². The van der Waals surface area contributed by atoms with Crippen LogP contribution in [0.5, 0.6) is 0 Å². The summed E-state index contributed by atoms with van der Waals surface area (Å²) >= 11 is 0. The van der Waals surface area contributed by atoms with Gasteiger partial charge in [-0.1, -0.05) is 42.5 Å². The molecule has 0 saturated carbocycles. The molecular weight excluding hydrogens is 314 g/mol. The number of benzene rings is 2. The fraction of sp³-hybridized carbons (Fsp3) is 0.300. The molecule has 1 aromatic heterocycles. The van der Waals surface area contributed by atoms with Gasteiger partial charge in [-0.2, -0.15) is 5.10 Å². The Morgan fingerprint density at radius 2 is 2.04 bits per heavy atom. The second kappa shape index (κ2) is 6.33. The summed E-state index contributed by atoms with van der Waals surface area (Å²) in [6.45, 7) is 0.671. The molecule has 1 amide bonds. The summed E-state index contributed by atoms with van der Waals surface area (Å²) in [5.41, 5.74) is 1.69. The minimum Gasteiger partial charge on any atom is -0.378 e. The van der Waals surface area contributed by atoms with E-state index in [-0.39, 0.29) is 11.9 Å². The predicted octanol–water partition coefficient (Wildman–Crippen LogP) is 2.97. The van der Waals surface area contributed by atoms with Gasteiger partial charge in [0.15, 0.2) is 6.10 Å². The molecule has 0 radical (unpaired) electrons. The average Bonchev–Trinajstić information content (AvgIpc) is 3.29. The van der Waals surface area contributed by atoms with Crippen LogP contribution in [0.2, 0.25) is 0 Å². The van der Waals surface area contributed by atoms with Gasteiger partial charge in [-0.25, -0.2) is 0 Å². The smallest absolute Gasteiger partial charge is 0.256 e. The number of carbonyl (C=O) groups excluding carboxylic acids is 1. The Morgan fingerprint density at radius 3 is 2.84 bits per heavy atom. The van der Waals surface area contributed by atoms with Crippen molar-refractivity contribution in [2.75, 3.05) is 6.54 Å². The summed E-state index contributed by atoms with van der Waals surface area (Å²) in [4.78, 5) is 14.7. The highest BCUT2D eigenvalue weighted by molar-refractivity contribution is 5.88. The summed E-state index contributed by atoms with van der Waals surface area (Å²) in [5.74, 6) is -0.247. The van der Waals surface area contributed by atoms with E-state index in [4.69, 9.17) is 0 Å². The van der Waals surface area contributed by atoms with Crippen LogP contribution in [0.3, 0.4) is 0 Å². The van der Waals surface area contributed by atoms with Gasteiger partial charge in [0.1, 0.15) is 0 Å². The zero-order valence-electron chi connectivity index (χ0n) is 14.2. The number of aryl methyl sites for hydroxylation is 1. The van der Waals surface area contributed by atoms with Crippen LogP contribution in [-0.2, 0) is 11.8 Å². The lowest BCUT2D eigenvalue weighted by molar-refractivity contribution is -0.141. The van der Waals surface area contributed by atoms with E-state index < -0.39 is 6.10 Å². The van der Waals surface area contributed by atoms with Gasteiger partial charge in [0.25, 0.3) is 5.91 Å². The highest BCUT2D eigenvalue weighted by atomic mass is 16.3. The number of fused-ring (bicyclic) bond motifs is 1. The number of amides is 1. The van der Waals surface area contributed by atoms with Crippen molar-refractivity contribution in [3.8, 4) is 0 Å². The monoisotopic (exact) mass is 335 g/mol. The Morgan fingerprint density at radius 1 is 1.24 bits per heavy atom. The largest absolute Gasteiger partial charge is 0.378 e. The Kier molecular flexibility index (Phi) is 4.01. The third-order valence-corrected chi connectivity index (χ3v) is 4.99. The molecule has 4 rings (SSSR count). The molecule has 3 aromatic rings. The van der Waals surface area contributed by atoms with Gasteiger partial charge in [0, 0.05) is 25.4 Å². The van der Waals surface area contributed by atoms with Gasteiger partial charge in [0.2, 0.25) is 0 Å². The fourth-order valence-electron chi connectivity index (χ4n) is 3.78. The van der Waals surface area contributed by atoms with Gasteiger partial charge in [-0.3, -0.25) is 9.48 Å². The Balaban J connectivity index is 1.67. The van der Waals surface area contributed by atoms with Crippen molar-refractivity contribution < 1.29 is 9.90 Å².